The summed E-state index contributed by atoms with van der Waals surface area (Å²) in [5.74, 6) is 0.454. The third-order valence-corrected chi connectivity index (χ3v) is 4.03. The Morgan fingerprint density at radius 1 is 0.952 bits per heavy atom. The fourth-order valence-electron chi connectivity index (χ4n) is 2.57. The number of unbranched alkanes of at least 4 members (excludes halogenated alkanes) is 8. The topological polar surface area (TPSA) is 37.3 Å². The largest absolute Gasteiger partial charge is 0.508 e. The van der Waals surface area contributed by atoms with Gasteiger partial charge in [-0.05, 0) is 37.1 Å². The number of phenols is 1. The number of carbonyl (C=O) groups is 1. The van der Waals surface area contributed by atoms with Gasteiger partial charge in [0.25, 0.3) is 0 Å². The van der Waals surface area contributed by atoms with Crippen LogP contribution >= 0.6 is 0 Å². The standard InChI is InChI=1S/C19H30O2/c1-3-4-5-6-7-8-9-10-11-12-19(21)17-13-14-18(20)16(2)15-17/h13-15,20H,3-12H2,1-2H3. The van der Waals surface area contributed by atoms with Crippen LogP contribution in [0.2, 0.25) is 0 Å². The van der Waals surface area contributed by atoms with E-state index in [0.29, 0.717) is 6.42 Å². The first-order chi connectivity index (χ1) is 10.1. The van der Waals surface area contributed by atoms with Crippen molar-refractivity contribution in [2.45, 2.75) is 78.1 Å². The van der Waals surface area contributed by atoms with Crippen LogP contribution in [0.4, 0.5) is 0 Å². The second kappa shape index (κ2) is 10.4. The fourth-order valence-corrected chi connectivity index (χ4v) is 2.57. The molecule has 0 aliphatic heterocycles. The Morgan fingerprint density at radius 2 is 1.52 bits per heavy atom. The minimum Gasteiger partial charge on any atom is -0.508 e. The molecule has 0 saturated heterocycles. The van der Waals surface area contributed by atoms with Crippen LogP contribution in [0.3, 0.4) is 0 Å². The molecule has 0 bridgehead atoms. The molecule has 0 saturated carbocycles. The average Bonchev–Trinajstić information content (AvgIpc) is 2.48. The zero-order valence-corrected chi connectivity index (χ0v) is 13.7. The van der Waals surface area contributed by atoms with Crippen molar-refractivity contribution in [3.05, 3.63) is 29.3 Å². The first-order valence-corrected chi connectivity index (χ1v) is 8.48. The van der Waals surface area contributed by atoms with Gasteiger partial charge in [0.15, 0.2) is 5.78 Å². The molecule has 0 spiro atoms. The highest BCUT2D eigenvalue weighted by Gasteiger charge is 2.07. The van der Waals surface area contributed by atoms with Crippen molar-refractivity contribution in [1.29, 1.82) is 0 Å². The van der Waals surface area contributed by atoms with Crippen LogP contribution in [0, 0.1) is 6.92 Å². The van der Waals surface area contributed by atoms with E-state index in [1.165, 1.54) is 44.9 Å². The molecular weight excluding hydrogens is 260 g/mol. The molecule has 1 rings (SSSR count). The molecule has 0 amide bonds. The lowest BCUT2D eigenvalue weighted by atomic mass is 10.0. The van der Waals surface area contributed by atoms with Gasteiger partial charge in [-0.1, -0.05) is 58.3 Å². The molecule has 0 heterocycles. The SMILES string of the molecule is CCCCCCCCCCCC(=O)c1ccc(O)c(C)c1. The lowest BCUT2D eigenvalue weighted by Gasteiger charge is -2.04. The predicted molar refractivity (Wildman–Crippen MR) is 89.0 cm³/mol. The maximum atomic E-state index is 12.0. The second-order valence-electron chi connectivity index (χ2n) is 6.00. The third-order valence-electron chi connectivity index (χ3n) is 4.03. The fraction of sp³-hybridized carbons (Fsp3) is 0.632. The number of Topliss-reactive ketones (excluding diaryl/α,β-unsaturated/α-hetero) is 1. The van der Waals surface area contributed by atoms with Crippen molar-refractivity contribution >= 4 is 5.78 Å². The second-order valence-corrected chi connectivity index (χ2v) is 6.00. The summed E-state index contributed by atoms with van der Waals surface area (Å²) in [6.45, 7) is 4.07. The average molecular weight is 290 g/mol. The van der Waals surface area contributed by atoms with E-state index in [2.05, 4.69) is 6.92 Å². The van der Waals surface area contributed by atoms with Crippen LogP contribution in [0.25, 0.3) is 0 Å². The van der Waals surface area contributed by atoms with Gasteiger partial charge >= 0.3 is 0 Å². The van der Waals surface area contributed by atoms with E-state index in [-0.39, 0.29) is 11.5 Å². The number of aryl methyl sites for hydroxylation is 1. The molecule has 118 valence electrons. The van der Waals surface area contributed by atoms with Crippen LogP contribution in [0.15, 0.2) is 18.2 Å². The molecule has 0 radical (unpaired) electrons. The van der Waals surface area contributed by atoms with E-state index in [0.717, 1.165) is 24.0 Å². The van der Waals surface area contributed by atoms with Crippen molar-refractivity contribution in [2.24, 2.45) is 0 Å². The highest BCUT2D eigenvalue weighted by molar-refractivity contribution is 5.96. The molecule has 0 fully saturated rings. The summed E-state index contributed by atoms with van der Waals surface area (Å²) in [6.07, 6.45) is 12.0. The number of hydrogen-bond donors (Lipinski definition) is 1. The van der Waals surface area contributed by atoms with Gasteiger partial charge in [-0.3, -0.25) is 4.79 Å². The van der Waals surface area contributed by atoms with Crippen molar-refractivity contribution in [2.75, 3.05) is 0 Å². The number of aromatic hydroxyl groups is 1. The molecule has 0 atom stereocenters. The Hall–Kier alpha value is -1.31. The number of ketones is 1. The van der Waals surface area contributed by atoms with Gasteiger partial charge in [-0.25, -0.2) is 0 Å². The van der Waals surface area contributed by atoms with Gasteiger partial charge in [0.1, 0.15) is 5.75 Å². The molecule has 1 aromatic rings. The molecule has 0 aromatic heterocycles. The summed E-state index contributed by atoms with van der Waals surface area (Å²) < 4.78 is 0. The smallest absolute Gasteiger partial charge is 0.162 e. The summed E-state index contributed by atoms with van der Waals surface area (Å²) in [5.41, 5.74) is 1.50. The molecule has 2 heteroatoms. The predicted octanol–water partition coefficient (Wildman–Crippen LogP) is 5.80. The third kappa shape index (κ3) is 7.31. The van der Waals surface area contributed by atoms with Crippen LogP contribution < -0.4 is 0 Å². The Kier molecular flexibility index (Phi) is 8.80. The van der Waals surface area contributed by atoms with Crippen LogP contribution in [-0.2, 0) is 0 Å². The quantitative estimate of drug-likeness (QED) is 0.413. The number of hydrogen-bond acceptors (Lipinski definition) is 2. The molecular formula is C19H30O2. The van der Waals surface area contributed by atoms with E-state index in [1.54, 1.807) is 18.2 Å². The summed E-state index contributed by atoms with van der Waals surface area (Å²) in [7, 11) is 0. The number of carbonyl (C=O) groups excluding carboxylic acids is 1. The lowest BCUT2D eigenvalue weighted by molar-refractivity contribution is 0.0979. The molecule has 21 heavy (non-hydrogen) atoms. The number of rotatable bonds is 11. The highest BCUT2D eigenvalue weighted by atomic mass is 16.3. The van der Waals surface area contributed by atoms with Crippen molar-refractivity contribution in [3.8, 4) is 5.75 Å². The summed E-state index contributed by atoms with van der Waals surface area (Å²) in [4.78, 5) is 12.0. The maximum Gasteiger partial charge on any atom is 0.162 e. The normalized spacial score (nSPS) is 10.8. The number of benzene rings is 1. The van der Waals surface area contributed by atoms with Gasteiger partial charge in [-0.15, -0.1) is 0 Å². The van der Waals surface area contributed by atoms with Gasteiger partial charge in [0.2, 0.25) is 0 Å². The zero-order valence-electron chi connectivity index (χ0n) is 13.7. The minimum absolute atomic E-state index is 0.195. The monoisotopic (exact) mass is 290 g/mol. The summed E-state index contributed by atoms with van der Waals surface area (Å²) in [5, 5.41) is 9.46. The van der Waals surface area contributed by atoms with Crippen LogP contribution in [-0.4, -0.2) is 10.9 Å². The Labute approximate surface area is 129 Å². The highest BCUT2D eigenvalue weighted by Crippen LogP contribution is 2.19. The van der Waals surface area contributed by atoms with Crippen molar-refractivity contribution in [1.82, 2.24) is 0 Å². The van der Waals surface area contributed by atoms with Crippen LogP contribution in [0.5, 0.6) is 5.75 Å². The van der Waals surface area contributed by atoms with E-state index < -0.39 is 0 Å². The molecule has 0 aliphatic rings. The maximum absolute atomic E-state index is 12.0. The Morgan fingerprint density at radius 3 is 2.10 bits per heavy atom. The molecule has 0 unspecified atom stereocenters. The summed E-state index contributed by atoms with van der Waals surface area (Å²) in [6, 6.07) is 5.11. The van der Waals surface area contributed by atoms with Gasteiger partial charge in [0, 0.05) is 12.0 Å². The van der Waals surface area contributed by atoms with Crippen molar-refractivity contribution in [3.63, 3.8) is 0 Å². The summed E-state index contributed by atoms with van der Waals surface area (Å²) >= 11 is 0. The first kappa shape index (κ1) is 17.7. The van der Waals surface area contributed by atoms with Crippen LogP contribution in [0.1, 0.15) is 87.1 Å². The van der Waals surface area contributed by atoms with E-state index in [9.17, 15) is 9.90 Å². The minimum atomic E-state index is 0.195. The van der Waals surface area contributed by atoms with Crippen molar-refractivity contribution < 1.29 is 9.90 Å². The molecule has 1 N–H and O–H groups in total. The Balaban J connectivity index is 2.09. The number of phenolic OH excluding ortho intramolecular Hbond substituents is 1. The molecule has 2 nitrogen and oxygen atoms in total. The van der Waals surface area contributed by atoms with Gasteiger partial charge in [0.05, 0.1) is 0 Å². The zero-order chi connectivity index (χ0) is 15.5. The molecule has 1 aromatic carbocycles. The first-order valence-electron chi connectivity index (χ1n) is 8.48. The van der Waals surface area contributed by atoms with E-state index in [4.69, 9.17) is 0 Å². The molecule has 0 aliphatic carbocycles. The van der Waals surface area contributed by atoms with Gasteiger partial charge in [-0.2, -0.15) is 0 Å². The lowest BCUT2D eigenvalue weighted by Crippen LogP contribution is -1.99. The van der Waals surface area contributed by atoms with E-state index in [1.807, 2.05) is 6.92 Å². The van der Waals surface area contributed by atoms with E-state index >= 15 is 0 Å². The Bertz CT molecular complexity index is 424. The van der Waals surface area contributed by atoms with Gasteiger partial charge < -0.3 is 5.11 Å².